The van der Waals surface area contributed by atoms with E-state index in [1.54, 1.807) is 0 Å². The predicted molar refractivity (Wildman–Crippen MR) is 97.3 cm³/mol. The molecule has 0 amide bonds. The molecule has 0 radical (unpaired) electrons. The van der Waals surface area contributed by atoms with Gasteiger partial charge in [0.1, 0.15) is 0 Å². The van der Waals surface area contributed by atoms with Crippen LogP contribution in [-0.4, -0.2) is 39.3 Å². The van der Waals surface area contributed by atoms with Gasteiger partial charge in [-0.3, -0.25) is 0 Å². The van der Waals surface area contributed by atoms with Crippen LogP contribution in [0.2, 0.25) is 0 Å². The van der Waals surface area contributed by atoms with E-state index in [9.17, 15) is 5.11 Å². The largest absolute Gasteiger partial charge is 0.390 e. The molecule has 5 aliphatic rings. The second-order valence-electron chi connectivity index (χ2n) is 9.26. The lowest BCUT2D eigenvalue weighted by Gasteiger charge is -2.60. The number of aromatic nitrogens is 2. The fourth-order valence-electron chi connectivity index (χ4n) is 6.41. The molecule has 0 aromatic carbocycles. The maximum absolute atomic E-state index is 10.9. The maximum Gasteiger partial charge on any atom is 0.225 e. The van der Waals surface area contributed by atoms with Crippen molar-refractivity contribution in [2.24, 2.45) is 11.8 Å². The van der Waals surface area contributed by atoms with Crippen molar-refractivity contribution < 1.29 is 5.11 Å². The second-order valence-corrected chi connectivity index (χ2v) is 9.26. The van der Waals surface area contributed by atoms with E-state index in [-0.39, 0.29) is 5.54 Å². The summed E-state index contributed by atoms with van der Waals surface area (Å²) in [6, 6.07) is 0. The minimum atomic E-state index is -0.397. The van der Waals surface area contributed by atoms with E-state index in [0.717, 1.165) is 62.2 Å². The summed E-state index contributed by atoms with van der Waals surface area (Å²) in [5, 5.41) is 14.7. The molecule has 2 atom stereocenters. The lowest BCUT2D eigenvalue weighted by atomic mass is 9.51. The van der Waals surface area contributed by atoms with Crippen LogP contribution in [0.15, 0.2) is 12.4 Å². The predicted octanol–water partition coefficient (Wildman–Crippen LogP) is 2.64. The Labute approximate surface area is 150 Å². The molecule has 4 bridgehead atoms. The molecule has 2 unspecified atom stereocenters. The highest BCUT2D eigenvalue weighted by Crippen LogP contribution is 2.57. The molecule has 5 nitrogen and oxygen atoms in total. The third-order valence-electron chi connectivity index (χ3n) is 7.03. The summed E-state index contributed by atoms with van der Waals surface area (Å²) in [5.74, 6) is 2.32. The molecule has 2 heterocycles. The first-order valence-electron chi connectivity index (χ1n) is 10.1. The third kappa shape index (κ3) is 3.06. The molecule has 4 saturated carbocycles. The second kappa shape index (κ2) is 5.92. The van der Waals surface area contributed by atoms with Crippen LogP contribution < -0.4 is 10.2 Å². The van der Waals surface area contributed by atoms with Gasteiger partial charge in [0.25, 0.3) is 0 Å². The van der Waals surface area contributed by atoms with Gasteiger partial charge >= 0.3 is 0 Å². The van der Waals surface area contributed by atoms with E-state index in [1.165, 1.54) is 38.5 Å². The number of anilines is 1. The molecule has 1 aromatic heterocycles. The molecule has 136 valence electrons. The highest BCUT2D eigenvalue weighted by atomic mass is 16.3. The quantitative estimate of drug-likeness (QED) is 0.881. The first-order chi connectivity index (χ1) is 12.1. The van der Waals surface area contributed by atoms with E-state index in [2.05, 4.69) is 20.2 Å². The highest BCUT2D eigenvalue weighted by molar-refractivity contribution is 5.30. The van der Waals surface area contributed by atoms with Crippen LogP contribution in [0.1, 0.15) is 63.4 Å². The third-order valence-corrected chi connectivity index (χ3v) is 7.03. The van der Waals surface area contributed by atoms with Crippen molar-refractivity contribution in [1.29, 1.82) is 0 Å². The minimum absolute atomic E-state index is 0.143. The Bertz CT molecular complexity index is 611. The minimum Gasteiger partial charge on any atom is -0.390 e. The normalized spacial score (nSPS) is 39.8. The molecule has 0 spiro atoms. The van der Waals surface area contributed by atoms with Crippen molar-refractivity contribution >= 4 is 5.95 Å². The van der Waals surface area contributed by atoms with Crippen molar-refractivity contribution in [1.82, 2.24) is 15.3 Å². The number of hydrogen-bond donors (Lipinski definition) is 2. The number of nitrogens with zero attached hydrogens (tertiary/aromatic N) is 3. The van der Waals surface area contributed by atoms with Crippen LogP contribution in [0.5, 0.6) is 0 Å². The Hall–Kier alpha value is -1.20. The van der Waals surface area contributed by atoms with Gasteiger partial charge in [0.05, 0.1) is 5.60 Å². The Morgan fingerprint density at radius 3 is 2.36 bits per heavy atom. The van der Waals surface area contributed by atoms with Gasteiger partial charge in [-0.05, 0) is 69.6 Å². The van der Waals surface area contributed by atoms with E-state index >= 15 is 0 Å². The molecule has 2 N–H and O–H groups in total. The van der Waals surface area contributed by atoms with Crippen LogP contribution in [-0.2, 0) is 6.54 Å². The van der Waals surface area contributed by atoms with Crippen molar-refractivity contribution in [3.63, 3.8) is 0 Å². The number of rotatable bonds is 4. The standard InChI is InChI=1S/C20H30N4O/c25-20-9-15-6-16(10-20)8-19(7-15,14-20)23-13-17-11-21-18(22-12-17)24-4-2-1-3-5-24/h11-12,15-16,23,25H,1-10,13-14H2. The Kier molecular flexibility index (Phi) is 3.79. The molecule has 1 saturated heterocycles. The average molecular weight is 342 g/mol. The fourth-order valence-corrected chi connectivity index (χ4v) is 6.41. The topological polar surface area (TPSA) is 61.3 Å². The first kappa shape index (κ1) is 16.0. The SMILES string of the molecule is OC12CC3CC(C1)CC(NCc1cnc(N4CCCCC4)nc1)(C3)C2. The molecular formula is C20H30N4O. The average Bonchev–Trinajstić information content (AvgIpc) is 2.59. The van der Waals surface area contributed by atoms with Crippen LogP contribution in [0.4, 0.5) is 5.95 Å². The maximum atomic E-state index is 10.9. The summed E-state index contributed by atoms with van der Waals surface area (Å²) in [5.41, 5.74) is 0.902. The zero-order valence-corrected chi connectivity index (χ0v) is 15.1. The van der Waals surface area contributed by atoms with E-state index in [1.807, 2.05) is 12.4 Å². The zero-order valence-electron chi connectivity index (χ0n) is 15.1. The van der Waals surface area contributed by atoms with Gasteiger partial charge in [-0.15, -0.1) is 0 Å². The highest BCUT2D eigenvalue weighted by Gasteiger charge is 2.56. The van der Waals surface area contributed by atoms with Gasteiger partial charge in [0.15, 0.2) is 0 Å². The van der Waals surface area contributed by atoms with E-state index in [4.69, 9.17) is 0 Å². The molecule has 4 aliphatic carbocycles. The Morgan fingerprint density at radius 2 is 1.72 bits per heavy atom. The lowest BCUT2D eigenvalue weighted by molar-refractivity contribution is -0.142. The van der Waals surface area contributed by atoms with Gasteiger partial charge in [-0.2, -0.15) is 0 Å². The number of nitrogens with one attached hydrogen (secondary N) is 1. The van der Waals surface area contributed by atoms with Gasteiger partial charge in [-0.25, -0.2) is 9.97 Å². The smallest absolute Gasteiger partial charge is 0.225 e. The van der Waals surface area contributed by atoms with Crippen molar-refractivity contribution in [3.8, 4) is 0 Å². The summed E-state index contributed by atoms with van der Waals surface area (Å²) in [7, 11) is 0. The van der Waals surface area contributed by atoms with Crippen molar-refractivity contribution in [2.45, 2.75) is 75.5 Å². The monoisotopic (exact) mass is 342 g/mol. The summed E-state index contributed by atoms with van der Waals surface area (Å²) >= 11 is 0. The fraction of sp³-hybridized carbons (Fsp3) is 0.800. The summed E-state index contributed by atoms with van der Waals surface area (Å²) < 4.78 is 0. The number of hydrogen-bond acceptors (Lipinski definition) is 5. The molecule has 5 heteroatoms. The number of aliphatic hydroxyl groups is 1. The van der Waals surface area contributed by atoms with Crippen molar-refractivity contribution in [3.05, 3.63) is 18.0 Å². The Morgan fingerprint density at radius 1 is 1.04 bits per heavy atom. The number of piperidine rings is 1. The van der Waals surface area contributed by atoms with E-state index in [0.29, 0.717) is 0 Å². The van der Waals surface area contributed by atoms with Crippen LogP contribution in [0, 0.1) is 11.8 Å². The molecule has 25 heavy (non-hydrogen) atoms. The van der Waals surface area contributed by atoms with Gasteiger partial charge < -0.3 is 15.3 Å². The first-order valence-corrected chi connectivity index (χ1v) is 10.1. The molecule has 6 rings (SSSR count). The van der Waals surface area contributed by atoms with Gasteiger partial charge in [0.2, 0.25) is 5.95 Å². The molecular weight excluding hydrogens is 312 g/mol. The lowest BCUT2D eigenvalue weighted by Crippen LogP contribution is -2.64. The van der Waals surface area contributed by atoms with Gasteiger partial charge in [0, 0.05) is 43.1 Å². The van der Waals surface area contributed by atoms with Gasteiger partial charge in [-0.1, -0.05) is 0 Å². The summed E-state index contributed by atoms with van der Waals surface area (Å²) in [6.07, 6.45) is 14.6. The van der Waals surface area contributed by atoms with Crippen molar-refractivity contribution in [2.75, 3.05) is 18.0 Å². The molecule has 1 aromatic rings. The summed E-state index contributed by atoms with van der Waals surface area (Å²) in [6.45, 7) is 2.99. The summed E-state index contributed by atoms with van der Waals surface area (Å²) in [4.78, 5) is 11.5. The van der Waals surface area contributed by atoms with Crippen LogP contribution >= 0.6 is 0 Å². The Balaban J connectivity index is 1.24. The molecule has 5 fully saturated rings. The zero-order chi connectivity index (χ0) is 16.9. The molecule has 1 aliphatic heterocycles. The van der Waals surface area contributed by atoms with Crippen LogP contribution in [0.25, 0.3) is 0 Å². The van der Waals surface area contributed by atoms with E-state index < -0.39 is 5.60 Å². The van der Waals surface area contributed by atoms with Crippen LogP contribution in [0.3, 0.4) is 0 Å².